The summed E-state index contributed by atoms with van der Waals surface area (Å²) in [6, 6.07) is 12.4. The molecule has 1 amide bonds. The monoisotopic (exact) mass is 337 g/mol. The molecule has 0 spiro atoms. The van der Waals surface area contributed by atoms with Crippen molar-refractivity contribution in [1.29, 1.82) is 0 Å². The largest absolute Gasteiger partial charge is 0.368 e. The van der Waals surface area contributed by atoms with E-state index in [2.05, 4.69) is 31.9 Å². The molecule has 25 heavy (non-hydrogen) atoms. The number of anilines is 2. The number of nitrogen functional groups attached to an aromatic ring is 1. The molecule has 4 heterocycles. The molecule has 1 aromatic carbocycles. The molecule has 3 fully saturated rings. The number of piperidine rings is 1. The Morgan fingerprint density at radius 3 is 2.72 bits per heavy atom. The topological polar surface area (TPSA) is 75.3 Å². The maximum Gasteiger partial charge on any atom is 0.228 e. The summed E-state index contributed by atoms with van der Waals surface area (Å²) >= 11 is 0. The fourth-order valence-corrected chi connectivity index (χ4v) is 3.95. The van der Waals surface area contributed by atoms with Gasteiger partial charge in [0.25, 0.3) is 0 Å². The Hall–Kier alpha value is -2.63. The Morgan fingerprint density at radius 2 is 1.96 bits per heavy atom. The molecule has 0 unspecified atom stereocenters. The number of carbonyl (C=O) groups is 1. The van der Waals surface area contributed by atoms with Crippen LogP contribution in [0.15, 0.2) is 36.4 Å². The van der Waals surface area contributed by atoms with Crippen molar-refractivity contribution < 1.29 is 4.79 Å². The van der Waals surface area contributed by atoms with Gasteiger partial charge in [0.15, 0.2) is 0 Å². The number of aryl methyl sites for hydroxylation is 1. The number of hydrogen-bond donors (Lipinski definition) is 1. The summed E-state index contributed by atoms with van der Waals surface area (Å²) in [5.74, 6) is 1.41. The normalized spacial score (nSPS) is 23.0. The van der Waals surface area contributed by atoms with E-state index in [9.17, 15) is 4.79 Å². The minimum atomic E-state index is 0.0268. The van der Waals surface area contributed by atoms with Gasteiger partial charge in [-0.15, -0.1) is 0 Å². The van der Waals surface area contributed by atoms with Crippen molar-refractivity contribution in [2.45, 2.75) is 32.4 Å². The van der Waals surface area contributed by atoms with Crippen LogP contribution in [0.25, 0.3) is 0 Å². The molecule has 5 rings (SSSR count). The zero-order valence-electron chi connectivity index (χ0n) is 14.4. The third-order valence-electron chi connectivity index (χ3n) is 5.17. The minimum absolute atomic E-state index is 0.0268. The van der Waals surface area contributed by atoms with E-state index in [1.165, 1.54) is 5.56 Å². The average molecular weight is 337 g/mol. The maximum absolute atomic E-state index is 13.0. The van der Waals surface area contributed by atoms with Crippen LogP contribution in [0.1, 0.15) is 24.1 Å². The first-order chi connectivity index (χ1) is 12.1. The van der Waals surface area contributed by atoms with Crippen LogP contribution in [0.3, 0.4) is 0 Å². The van der Waals surface area contributed by atoms with Crippen LogP contribution in [-0.4, -0.2) is 39.9 Å². The Morgan fingerprint density at radius 1 is 1.16 bits per heavy atom. The number of rotatable bonds is 3. The van der Waals surface area contributed by atoms with Gasteiger partial charge in [0.05, 0.1) is 5.92 Å². The van der Waals surface area contributed by atoms with Crippen LogP contribution in [0, 0.1) is 12.8 Å². The SMILES string of the molecule is Cc1cc(N2C[C@@H]3CC[C@H](C2)N(Cc2ccccc2)C3=O)nc(N)n1. The number of amides is 1. The fourth-order valence-electron chi connectivity index (χ4n) is 3.95. The molecule has 0 radical (unpaired) electrons. The highest BCUT2D eigenvalue weighted by atomic mass is 16.2. The number of nitrogens with two attached hydrogens (primary N) is 1. The van der Waals surface area contributed by atoms with E-state index in [4.69, 9.17) is 5.73 Å². The van der Waals surface area contributed by atoms with E-state index in [0.29, 0.717) is 19.0 Å². The first kappa shape index (κ1) is 15.9. The number of nitrogens with zero attached hydrogens (tertiary/aromatic N) is 4. The molecule has 3 aliphatic heterocycles. The third kappa shape index (κ3) is 3.16. The molecule has 1 aromatic heterocycles. The summed E-state index contributed by atoms with van der Waals surface area (Å²) in [5.41, 5.74) is 7.85. The number of aromatic nitrogens is 2. The van der Waals surface area contributed by atoms with E-state index in [1.54, 1.807) is 0 Å². The Labute approximate surface area is 147 Å². The lowest BCUT2D eigenvalue weighted by Gasteiger charge is -2.36. The van der Waals surface area contributed by atoms with Crippen molar-refractivity contribution in [2.75, 3.05) is 23.7 Å². The third-order valence-corrected chi connectivity index (χ3v) is 5.17. The number of benzene rings is 1. The van der Waals surface area contributed by atoms with Crippen molar-refractivity contribution in [3.05, 3.63) is 47.7 Å². The molecule has 2 N–H and O–H groups in total. The molecule has 6 nitrogen and oxygen atoms in total. The van der Waals surface area contributed by atoms with Gasteiger partial charge < -0.3 is 15.5 Å². The van der Waals surface area contributed by atoms with E-state index in [0.717, 1.165) is 30.9 Å². The minimum Gasteiger partial charge on any atom is -0.368 e. The smallest absolute Gasteiger partial charge is 0.228 e. The molecule has 2 atom stereocenters. The molecule has 2 bridgehead atoms. The van der Waals surface area contributed by atoms with Crippen LogP contribution in [0.5, 0.6) is 0 Å². The van der Waals surface area contributed by atoms with E-state index >= 15 is 0 Å². The lowest BCUT2D eigenvalue weighted by Crippen LogP contribution is -2.47. The van der Waals surface area contributed by atoms with Gasteiger partial charge in [-0.3, -0.25) is 4.79 Å². The molecule has 130 valence electrons. The summed E-state index contributed by atoms with van der Waals surface area (Å²) in [5, 5.41) is 0. The fraction of sp³-hybridized carbons (Fsp3) is 0.421. The lowest BCUT2D eigenvalue weighted by atomic mass is 9.93. The number of carbonyl (C=O) groups excluding carboxylic acids is 1. The lowest BCUT2D eigenvalue weighted by molar-refractivity contribution is -0.140. The van der Waals surface area contributed by atoms with E-state index < -0.39 is 0 Å². The van der Waals surface area contributed by atoms with Crippen molar-refractivity contribution in [3.63, 3.8) is 0 Å². The second-order valence-corrected chi connectivity index (χ2v) is 7.01. The van der Waals surface area contributed by atoms with Gasteiger partial charge in [0.2, 0.25) is 11.9 Å². The highest BCUT2D eigenvalue weighted by Crippen LogP contribution is 2.32. The highest BCUT2D eigenvalue weighted by molar-refractivity contribution is 5.81. The van der Waals surface area contributed by atoms with Crippen molar-refractivity contribution in [1.82, 2.24) is 14.9 Å². The molecule has 6 heteroatoms. The molecule has 0 aliphatic carbocycles. The predicted octanol–water partition coefficient (Wildman–Crippen LogP) is 1.99. The first-order valence-corrected chi connectivity index (χ1v) is 8.80. The second-order valence-electron chi connectivity index (χ2n) is 7.01. The van der Waals surface area contributed by atoms with Crippen LogP contribution in [-0.2, 0) is 11.3 Å². The summed E-state index contributed by atoms with van der Waals surface area (Å²) in [4.78, 5) is 25.8. The summed E-state index contributed by atoms with van der Waals surface area (Å²) in [7, 11) is 0. The van der Waals surface area contributed by atoms with Crippen LogP contribution >= 0.6 is 0 Å². The predicted molar refractivity (Wildman–Crippen MR) is 96.9 cm³/mol. The summed E-state index contributed by atoms with van der Waals surface area (Å²) in [6.07, 6.45) is 1.99. The molecule has 3 saturated heterocycles. The van der Waals surface area contributed by atoms with Gasteiger partial charge in [0.1, 0.15) is 5.82 Å². The number of fused-ring (bicyclic) bond motifs is 4. The first-order valence-electron chi connectivity index (χ1n) is 8.80. The van der Waals surface area contributed by atoms with Gasteiger partial charge in [-0.25, -0.2) is 4.98 Å². The molecule has 3 aliphatic rings. The van der Waals surface area contributed by atoms with Crippen LogP contribution < -0.4 is 10.6 Å². The zero-order valence-corrected chi connectivity index (χ0v) is 14.4. The summed E-state index contributed by atoms with van der Waals surface area (Å²) in [6.45, 7) is 4.10. The van der Waals surface area contributed by atoms with Gasteiger partial charge in [-0.05, 0) is 25.3 Å². The molecule has 2 aromatic rings. The molecule has 0 saturated carbocycles. The van der Waals surface area contributed by atoms with Crippen LogP contribution in [0.4, 0.5) is 11.8 Å². The second kappa shape index (κ2) is 6.35. The molecular formula is C19H23N5O. The molecular weight excluding hydrogens is 314 g/mol. The highest BCUT2D eigenvalue weighted by Gasteiger charge is 2.40. The van der Waals surface area contributed by atoms with Gasteiger partial charge in [0, 0.05) is 37.4 Å². The Bertz CT molecular complexity index is 758. The zero-order chi connectivity index (χ0) is 17.4. The van der Waals surface area contributed by atoms with Crippen molar-refractivity contribution in [2.24, 2.45) is 5.92 Å². The van der Waals surface area contributed by atoms with Gasteiger partial charge in [-0.2, -0.15) is 4.98 Å². The Balaban J connectivity index is 1.60. The Kier molecular flexibility index (Phi) is 4.03. The van der Waals surface area contributed by atoms with Crippen molar-refractivity contribution >= 4 is 17.7 Å². The van der Waals surface area contributed by atoms with E-state index in [-0.39, 0.29) is 17.9 Å². The van der Waals surface area contributed by atoms with Gasteiger partial charge >= 0.3 is 0 Å². The maximum atomic E-state index is 13.0. The van der Waals surface area contributed by atoms with E-state index in [1.807, 2.05) is 31.2 Å². The standard InChI is InChI=1S/C19H23N5O/c1-13-9-17(22-19(20)21-13)23-11-15-7-8-16(12-23)24(18(15)25)10-14-5-3-2-4-6-14/h2-6,9,15-16H,7-8,10-12H2,1H3,(H2,20,21,22)/t15-,16+/m0/s1. The van der Waals surface area contributed by atoms with Crippen LogP contribution in [0.2, 0.25) is 0 Å². The van der Waals surface area contributed by atoms with Gasteiger partial charge in [-0.1, -0.05) is 30.3 Å². The van der Waals surface area contributed by atoms with Crippen molar-refractivity contribution in [3.8, 4) is 0 Å². The number of hydrogen-bond acceptors (Lipinski definition) is 5. The average Bonchev–Trinajstić information content (AvgIpc) is 2.88. The summed E-state index contributed by atoms with van der Waals surface area (Å²) < 4.78 is 0. The quantitative estimate of drug-likeness (QED) is 0.927.